The zero-order valence-electron chi connectivity index (χ0n) is 16.9. The van der Waals surface area contributed by atoms with E-state index in [4.69, 9.17) is 4.74 Å². The van der Waals surface area contributed by atoms with Crippen molar-refractivity contribution in [1.82, 2.24) is 14.0 Å². The Morgan fingerprint density at radius 1 is 1.06 bits per heavy atom. The number of carbonyl (C=O) groups excluding carboxylic acids is 1. The molecule has 0 N–H and O–H groups in total. The van der Waals surface area contributed by atoms with Gasteiger partial charge in [0.25, 0.3) is 5.56 Å². The Morgan fingerprint density at radius 2 is 1.74 bits per heavy atom. The molecule has 6 nitrogen and oxygen atoms in total. The molecule has 0 amide bonds. The highest BCUT2D eigenvalue weighted by atomic mass is 19.1. The number of aryl methyl sites for hydroxylation is 1. The van der Waals surface area contributed by atoms with Gasteiger partial charge in [-0.2, -0.15) is 0 Å². The summed E-state index contributed by atoms with van der Waals surface area (Å²) in [6.45, 7) is 3.26. The molecule has 0 atom stereocenters. The monoisotopic (exact) mass is 423 g/mol. The molecule has 2 heterocycles. The molecule has 0 radical (unpaired) electrons. The van der Waals surface area contributed by atoms with Gasteiger partial charge in [0.15, 0.2) is 0 Å². The van der Waals surface area contributed by atoms with Crippen LogP contribution in [0.5, 0.6) is 0 Å². The lowest BCUT2D eigenvalue weighted by atomic mass is 10.1. The van der Waals surface area contributed by atoms with Gasteiger partial charge in [0.2, 0.25) is 5.78 Å². The predicted octanol–water partition coefficient (Wildman–Crippen LogP) is 3.97. The smallest absolute Gasteiger partial charge is 0.345 e. The maximum atomic E-state index is 14.4. The third-order valence-corrected chi connectivity index (χ3v) is 5.05. The van der Waals surface area contributed by atoms with Crippen LogP contribution in [-0.2, 0) is 11.3 Å². The largest absolute Gasteiger partial charge is 0.462 e. The molecule has 0 saturated heterocycles. The van der Waals surface area contributed by atoms with Crippen LogP contribution in [0, 0.1) is 18.6 Å². The Hall–Kier alpha value is -3.81. The first-order valence-electron chi connectivity index (χ1n) is 9.70. The van der Waals surface area contributed by atoms with Crippen LogP contribution in [0.25, 0.3) is 17.0 Å². The second-order valence-electron chi connectivity index (χ2n) is 6.92. The van der Waals surface area contributed by atoms with Crippen molar-refractivity contribution in [2.24, 2.45) is 0 Å². The van der Waals surface area contributed by atoms with Gasteiger partial charge in [0.1, 0.15) is 17.2 Å². The summed E-state index contributed by atoms with van der Waals surface area (Å²) in [6.07, 6.45) is 1.14. The summed E-state index contributed by atoms with van der Waals surface area (Å²) in [5.41, 5.74) is 0.817. The number of benzene rings is 2. The number of aromatic nitrogens is 3. The molecule has 31 heavy (non-hydrogen) atoms. The van der Waals surface area contributed by atoms with Crippen molar-refractivity contribution in [1.29, 1.82) is 0 Å². The first-order chi connectivity index (χ1) is 14.9. The molecule has 0 unspecified atom stereocenters. The molecule has 4 rings (SSSR count). The summed E-state index contributed by atoms with van der Waals surface area (Å²) in [6, 6.07) is 12.8. The third-order valence-electron chi connectivity index (χ3n) is 5.05. The van der Waals surface area contributed by atoms with Crippen LogP contribution < -0.4 is 5.56 Å². The van der Waals surface area contributed by atoms with E-state index in [1.165, 1.54) is 22.6 Å². The molecule has 0 aliphatic rings. The van der Waals surface area contributed by atoms with Gasteiger partial charge < -0.3 is 9.30 Å². The van der Waals surface area contributed by atoms with E-state index in [1.54, 1.807) is 18.4 Å². The fraction of sp³-hybridized carbons (Fsp3) is 0.174. The van der Waals surface area contributed by atoms with Crippen LogP contribution >= 0.6 is 0 Å². The minimum Gasteiger partial charge on any atom is -0.462 e. The number of esters is 1. The lowest BCUT2D eigenvalue weighted by Gasteiger charge is -2.12. The highest BCUT2D eigenvalue weighted by molar-refractivity contribution is 5.89. The molecule has 2 aromatic carbocycles. The van der Waals surface area contributed by atoms with Crippen molar-refractivity contribution in [3.63, 3.8) is 0 Å². The van der Waals surface area contributed by atoms with Crippen molar-refractivity contribution in [2.75, 3.05) is 6.61 Å². The first kappa shape index (κ1) is 20.5. The number of carbonyl (C=O) groups is 1. The molecule has 0 spiro atoms. The minimum atomic E-state index is -0.775. The molecule has 8 heteroatoms. The Balaban J connectivity index is 2.02. The van der Waals surface area contributed by atoms with Crippen molar-refractivity contribution < 1.29 is 18.3 Å². The zero-order valence-corrected chi connectivity index (χ0v) is 16.9. The van der Waals surface area contributed by atoms with Crippen molar-refractivity contribution in [3.05, 3.63) is 93.5 Å². The number of imidazole rings is 1. The Labute approximate surface area is 176 Å². The van der Waals surface area contributed by atoms with E-state index < -0.39 is 23.2 Å². The number of hydrogen-bond donors (Lipinski definition) is 0. The lowest BCUT2D eigenvalue weighted by Crippen LogP contribution is -2.25. The van der Waals surface area contributed by atoms with E-state index in [-0.39, 0.29) is 30.1 Å². The van der Waals surface area contributed by atoms with E-state index in [9.17, 15) is 18.4 Å². The summed E-state index contributed by atoms with van der Waals surface area (Å²) in [5.74, 6) is -2.01. The van der Waals surface area contributed by atoms with Crippen molar-refractivity contribution in [2.45, 2.75) is 20.4 Å². The van der Waals surface area contributed by atoms with Gasteiger partial charge in [0.05, 0.1) is 30.7 Å². The quantitative estimate of drug-likeness (QED) is 0.456. The topological polar surface area (TPSA) is 65.6 Å². The molecule has 0 aliphatic heterocycles. The summed E-state index contributed by atoms with van der Waals surface area (Å²) in [4.78, 5) is 29.6. The van der Waals surface area contributed by atoms with Crippen molar-refractivity contribution in [3.8, 4) is 11.3 Å². The van der Waals surface area contributed by atoms with Gasteiger partial charge in [0, 0.05) is 11.1 Å². The fourth-order valence-corrected chi connectivity index (χ4v) is 3.64. The average Bonchev–Trinajstić information content (AvgIpc) is 3.04. The number of hydrogen-bond acceptors (Lipinski definition) is 4. The van der Waals surface area contributed by atoms with Crippen molar-refractivity contribution >= 4 is 11.7 Å². The van der Waals surface area contributed by atoms with Gasteiger partial charge in [-0.05, 0) is 26.0 Å². The van der Waals surface area contributed by atoms with E-state index in [0.29, 0.717) is 11.4 Å². The third kappa shape index (κ3) is 3.50. The van der Waals surface area contributed by atoms with E-state index in [1.807, 2.05) is 30.3 Å². The summed E-state index contributed by atoms with van der Waals surface area (Å²) in [5, 5.41) is 0. The maximum Gasteiger partial charge on any atom is 0.345 e. The van der Waals surface area contributed by atoms with Gasteiger partial charge in [-0.3, -0.25) is 4.79 Å². The van der Waals surface area contributed by atoms with E-state index in [2.05, 4.69) is 4.98 Å². The van der Waals surface area contributed by atoms with Crippen LogP contribution in [0.15, 0.2) is 59.5 Å². The fourth-order valence-electron chi connectivity index (χ4n) is 3.64. The maximum absolute atomic E-state index is 14.4. The average molecular weight is 423 g/mol. The second-order valence-corrected chi connectivity index (χ2v) is 6.92. The number of ether oxygens (including phenoxy) is 1. The first-order valence-corrected chi connectivity index (χ1v) is 9.70. The number of rotatable bonds is 5. The molecule has 0 bridgehead atoms. The summed E-state index contributed by atoms with van der Waals surface area (Å²) < 4.78 is 36.6. The van der Waals surface area contributed by atoms with Crippen LogP contribution in [0.4, 0.5) is 8.78 Å². The summed E-state index contributed by atoms with van der Waals surface area (Å²) >= 11 is 0. The van der Waals surface area contributed by atoms with Crippen LogP contribution in [0.1, 0.15) is 28.5 Å². The van der Waals surface area contributed by atoms with E-state index in [0.717, 1.165) is 11.8 Å². The van der Waals surface area contributed by atoms with Gasteiger partial charge in [-0.25, -0.2) is 23.0 Å². The SMILES string of the molecule is CCOC(=O)c1cnc2n(Cc3c(F)cccc3F)c(-c3ccccc3)c(C)n2c1=O. The normalized spacial score (nSPS) is 11.1. The number of nitrogens with zero attached hydrogens (tertiary/aromatic N) is 3. The van der Waals surface area contributed by atoms with Crippen LogP contribution in [-0.4, -0.2) is 26.5 Å². The zero-order chi connectivity index (χ0) is 22.1. The standard InChI is InChI=1S/C23H19F2N3O3/c1-3-31-22(30)16-12-26-23-27(13-17-18(24)10-7-11-19(17)25)20(14(2)28(23)21(16)29)15-8-5-4-6-9-15/h4-12H,3,13H2,1-2H3. The van der Waals surface area contributed by atoms with Gasteiger partial charge in [-0.15, -0.1) is 0 Å². The minimum absolute atomic E-state index is 0.114. The van der Waals surface area contributed by atoms with Crippen LogP contribution in [0.2, 0.25) is 0 Å². The van der Waals surface area contributed by atoms with Gasteiger partial charge in [-0.1, -0.05) is 36.4 Å². The highest BCUT2D eigenvalue weighted by Gasteiger charge is 2.23. The predicted molar refractivity (Wildman–Crippen MR) is 111 cm³/mol. The molecule has 2 aromatic heterocycles. The van der Waals surface area contributed by atoms with Gasteiger partial charge >= 0.3 is 5.97 Å². The Kier molecular flexibility index (Phi) is 5.37. The Morgan fingerprint density at radius 3 is 2.39 bits per heavy atom. The van der Waals surface area contributed by atoms with Crippen LogP contribution in [0.3, 0.4) is 0 Å². The highest BCUT2D eigenvalue weighted by Crippen LogP contribution is 2.28. The molecule has 4 aromatic rings. The second kappa shape index (κ2) is 8.14. The molecular weight excluding hydrogens is 404 g/mol. The molecular formula is C23H19F2N3O3. The summed E-state index contributed by atoms with van der Waals surface area (Å²) in [7, 11) is 0. The number of halogens is 2. The molecule has 0 aliphatic carbocycles. The Bertz CT molecular complexity index is 1320. The lowest BCUT2D eigenvalue weighted by molar-refractivity contribution is 0.0523. The number of fused-ring (bicyclic) bond motifs is 1. The molecule has 0 fully saturated rings. The molecule has 158 valence electrons. The van der Waals surface area contributed by atoms with E-state index >= 15 is 0 Å². The molecule has 0 saturated carbocycles.